The molecule has 1 aliphatic rings. The van der Waals surface area contributed by atoms with Gasteiger partial charge in [-0.25, -0.2) is 0 Å². The van der Waals surface area contributed by atoms with Crippen LogP contribution >= 0.6 is 0 Å². The first-order valence-electron chi connectivity index (χ1n) is 8.57. The number of benzene rings is 2. The Morgan fingerprint density at radius 2 is 1.62 bits per heavy atom. The highest BCUT2D eigenvalue weighted by Gasteiger charge is 2.23. The third-order valence-corrected chi connectivity index (χ3v) is 4.94. The lowest BCUT2D eigenvalue weighted by molar-refractivity contribution is -1.02. The molecule has 0 atom stereocenters. The third-order valence-electron chi connectivity index (χ3n) is 4.94. The Kier molecular flexibility index (Phi) is 5.23. The molecule has 0 bridgehead atoms. The summed E-state index contributed by atoms with van der Waals surface area (Å²) in [5, 5.41) is 10.9. The summed E-state index contributed by atoms with van der Waals surface area (Å²) in [6, 6.07) is 15.7. The first-order chi connectivity index (χ1) is 11.6. The fourth-order valence-corrected chi connectivity index (χ4v) is 3.46. The minimum atomic E-state index is -0.316. The zero-order chi connectivity index (χ0) is 16.9. The van der Waals surface area contributed by atoms with Crippen molar-refractivity contribution in [2.75, 3.05) is 26.2 Å². The van der Waals surface area contributed by atoms with E-state index in [1.807, 2.05) is 6.07 Å². The van der Waals surface area contributed by atoms with Crippen LogP contribution in [0.2, 0.25) is 0 Å². The van der Waals surface area contributed by atoms with Crippen molar-refractivity contribution in [1.29, 1.82) is 0 Å². The van der Waals surface area contributed by atoms with Crippen molar-refractivity contribution in [3.8, 4) is 0 Å². The number of quaternary nitrogens is 2. The van der Waals surface area contributed by atoms with Gasteiger partial charge in [0, 0.05) is 23.3 Å². The lowest BCUT2D eigenvalue weighted by Gasteiger charge is -2.30. The van der Waals surface area contributed by atoms with Crippen LogP contribution in [-0.2, 0) is 13.1 Å². The molecule has 2 aromatic carbocycles. The number of nitro benzene ring substituents is 1. The second-order valence-electron chi connectivity index (χ2n) is 6.71. The summed E-state index contributed by atoms with van der Waals surface area (Å²) in [6.45, 7) is 8.68. The molecule has 0 amide bonds. The van der Waals surface area contributed by atoms with Gasteiger partial charge < -0.3 is 9.80 Å². The first-order valence-corrected chi connectivity index (χ1v) is 8.57. The van der Waals surface area contributed by atoms with Gasteiger partial charge >= 0.3 is 0 Å². The molecule has 1 saturated heterocycles. The monoisotopic (exact) mass is 327 g/mol. The topological polar surface area (TPSA) is 52.0 Å². The van der Waals surface area contributed by atoms with E-state index >= 15 is 0 Å². The maximum Gasteiger partial charge on any atom is 0.269 e. The minimum absolute atomic E-state index is 0.190. The Morgan fingerprint density at radius 3 is 2.29 bits per heavy atom. The molecular formula is C19H25N3O2+2. The van der Waals surface area contributed by atoms with Crippen molar-refractivity contribution in [3.63, 3.8) is 0 Å². The van der Waals surface area contributed by atoms with Gasteiger partial charge in [0.25, 0.3) is 5.69 Å². The van der Waals surface area contributed by atoms with Gasteiger partial charge in [0.1, 0.15) is 39.3 Å². The predicted molar refractivity (Wildman–Crippen MR) is 93.1 cm³/mol. The fourth-order valence-electron chi connectivity index (χ4n) is 3.46. The van der Waals surface area contributed by atoms with Gasteiger partial charge in [-0.15, -0.1) is 0 Å². The number of nitrogens with zero attached hydrogens (tertiary/aromatic N) is 1. The predicted octanol–water partition coefficient (Wildman–Crippen LogP) is 0.387. The van der Waals surface area contributed by atoms with Crippen molar-refractivity contribution >= 4 is 5.69 Å². The lowest BCUT2D eigenvalue weighted by atomic mass is 10.1. The van der Waals surface area contributed by atoms with E-state index in [2.05, 4.69) is 31.2 Å². The summed E-state index contributed by atoms with van der Waals surface area (Å²) in [7, 11) is 0. The summed E-state index contributed by atoms with van der Waals surface area (Å²) in [6.07, 6.45) is 0. The van der Waals surface area contributed by atoms with Crippen LogP contribution in [0.1, 0.15) is 16.7 Å². The highest BCUT2D eigenvalue weighted by molar-refractivity contribution is 5.33. The molecule has 5 nitrogen and oxygen atoms in total. The van der Waals surface area contributed by atoms with Crippen molar-refractivity contribution < 1.29 is 14.7 Å². The Bertz CT molecular complexity index is 709. The molecule has 5 heteroatoms. The smallest absolute Gasteiger partial charge is 0.269 e. The van der Waals surface area contributed by atoms with Crippen molar-refractivity contribution in [1.82, 2.24) is 0 Å². The average molecular weight is 327 g/mol. The maximum atomic E-state index is 10.9. The van der Waals surface area contributed by atoms with Gasteiger partial charge in [-0.3, -0.25) is 10.1 Å². The molecule has 0 unspecified atom stereocenters. The van der Waals surface area contributed by atoms with Crippen LogP contribution in [-0.4, -0.2) is 31.1 Å². The molecule has 1 fully saturated rings. The lowest BCUT2D eigenvalue weighted by Crippen LogP contribution is -3.27. The highest BCUT2D eigenvalue weighted by atomic mass is 16.6. The molecule has 0 spiro atoms. The van der Waals surface area contributed by atoms with E-state index < -0.39 is 0 Å². The normalized spacial score (nSPS) is 20.7. The number of piperazine rings is 1. The Morgan fingerprint density at radius 1 is 0.958 bits per heavy atom. The quantitative estimate of drug-likeness (QED) is 0.616. The summed E-state index contributed by atoms with van der Waals surface area (Å²) < 4.78 is 0. The molecule has 0 radical (unpaired) electrons. The minimum Gasteiger partial charge on any atom is -0.322 e. The van der Waals surface area contributed by atoms with Crippen molar-refractivity contribution in [3.05, 3.63) is 75.3 Å². The standard InChI is InChI=1S/C19H23N3O2/c1-16-5-2-3-7-18(16)15-21-11-9-20(10-12-21)14-17-6-4-8-19(13-17)22(23)24/h2-8,13H,9-12,14-15H2,1H3/p+2. The highest BCUT2D eigenvalue weighted by Crippen LogP contribution is 2.12. The van der Waals surface area contributed by atoms with Crippen LogP contribution in [0.3, 0.4) is 0 Å². The van der Waals surface area contributed by atoms with Gasteiger partial charge in [0.15, 0.2) is 0 Å². The van der Waals surface area contributed by atoms with Crippen LogP contribution < -0.4 is 9.80 Å². The first kappa shape index (κ1) is 16.6. The van der Waals surface area contributed by atoms with Crippen LogP contribution in [0.25, 0.3) is 0 Å². The Labute approximate surface area is 142 Å². The van der Waals surface area contributed by atoms with E-state index in [0.29, 0.717) is 0 Å². The summed E-state index contributed by atoms with van der Waals surface area (Å²) in [5.41, 5.74) is 4.06. The van der Waals surface area contributed by atoms with Crippen LogP contribution in [0.15, 0.2) is 48.5 Å². The zero-order valence-corrected chi connectivity index (χ0v) is 14.1. The van der Waals surface area contributed by atoms with E-state index in [9.17, 15) is 10.1 Å². The number of nitrogens with one attached hydrogen (secondary N) is 2. The summed E-state index contributed by atoms with van der Waals surface area (Å²) >= 11 is 0. The third kappa shape index (κ3) is 4.19. The largest absolute Gasteiger partial charge is 0.322 e. The number of rotatable bonds is 5. The van der Waals surface area contributed by atoms with Gasteiger partial charge in [-0.1, -0.05) is 36.4 Å². The second-order valence-corrected chi connectivity index (χ2v) is 6.71. The zero-order valence-electron chi connectivity index (χ0n) is 14.1. The number of hydrogen-bond donors (Lipinski definition) is 2. The van der Waals surface area contributed by atoms with Gasteiger partial charge in [0.2, 0.25) is 0 Å². The number of non-ortho nitro benzene ring substituents is 1. The molecular weight excluding hydrogens is 302 g/mol. The molecule has 3 rings (SSSR count). The van der Waals surface area contributed by atoms with E-state index in [1.54, 1.807) is 23.1 Å². The second kappa shape index (κ2) is 7.55. The van der Waals surface area contributed by atoms with Crippen LogP contribution in [0, 0.1) is 17.0 Å². The van der Waals surface area contributed by atoms with Crippen LogP contribution in [0.5, 0.6) is 0 Å². The summed E-state index contributed by atoms with van der Waals surface area (Å²) in [4.78, 5) is 13.7. The Hall–Kier alpha value is -2.24. The molecule has 126 valence electrons. The van der Waals surface area contributed by atoms with E-state index in [-0.39, 0.29) is 10.6 Å². The van der Waals surface area contributed by atoms with Crippen molar-refractivity contribution in [2.45, 2.75) is 20.0 Å². The maximum absolute atomic E-state index is 10.9. The molecule has 0 aliphatic carbocycles. The SMILES string of the molecule is Cc1ccccc1C[NH+]1CC[NH+](Cc2cccc([N+](=O)[O-])c2)CC1. The van der Waals surface area contributed by atoms with Gasteiger partial charge in [-0.05, 0) is 12.5 Å². The number of nitro groups is 1. The molecule has 2 aromatic rings. The van der Waals surface area contributed by atoms with Crippen LogP contribution in [0.4, 0.5) is 5.69 Å². The molecule has 24 heavy (non-hydrogen) atoms. The molecule has 1 aliphatic heterocycles. The average Bonchev–Trinajstić information content (AvgIpc) is 2.59. The molecule has 1 heterocycles. The number of aryl methyl sites for hydroxylation is 1. The van der Waals surface area contributed by atoms with Gasteiger partial charge in [-0.2, -0.15) is 0 Å². The summed E-state index contributed by atoms with van der Waals surface area (Å²) in [5.74, 6) is 0. The molecule has 0 saturated carbocycles. The molecule has 2 N–H and O–H groups in total. The van der Waals surface area contributed by atoms with E-state index in [1.165, 1.54) is 16.0 Å². The van der Waals surface area contributed by atoms with Gasteiger partial charge in [0.05, 0.1) is 4.92 Å². The fraction of sp³-hybridized carbons (Fsp3) is 0.368. The van der Waals surface area contributed by atoms with E-state index in [4.69, 9.17) is 0 Å². The number of hydrogen-bond acceptors (Lipinski definition) is 2. The Balaban J connectivity index is 1.53. The van der Waals surface area contributed by atoms with Crippen molar-refractivity contribution in [2.24, 2.45) is 0 Å². The van der Waals surface area contributed by atoms with E-state index in [0.717, 1.165) is 44.8 Å². The molecule has 0 aromatic heterocycles.